The summed E-state index contributed by atoms with van der Waals surface area (Å²) in [5.41, 5.74) is 5.01. The molecule has 2 aromatic rings. The number of benzene rings is 2. The minimum Gasteiger partial charge on any atom is -0.381 e. The Morgan fingerprint density at radius 3 is 2.53 bits per heavy atom. The van der Waals surface area contributed by atoms with Gasteiger partial charge in [0.2, 0.25) is 5.91 Å². The van der Waals surface area contributed by atoms with Gasteiger partial charge in [0.1, 0.15) is 0 Å². The second-order valence-electron chi connectivity index (χ2n) is 10.1. The first-order valence-electron chi connectivity index (χ1n) is 12.7. The van der Waals surface area contributed by atoms with Gasteiger partial charge in [-0.05, 0) is 74.1 Å². The van der Waals surface area contributed by atoms with E-state index in [-0.39, 0.29) is 30.1 Å². The van der Waals surface area contributed by atoms with Gasteiger partial charge in [0.05, 0.1) is 6.57 Å². The van der Waals surface area contributed by atoms with Crippen LogP contribution in [0.4, 0.5) is 5.69 Å². The molecule has 190 valence electrons. The van der Waals surface area contributed by atoms with Crippen molar-refractivity contribution in [2.45, 2.75) is 52.6 Å². The smallest absolute Gasteiger partial charge is 0.226 e. The largest absolute Gasteiger partial charge is 0.381 e. The Labute approximate surface area is 219 Å². The van der Waals surface area contributed by atoms with E-state index in [1.165, 1.54) is 0 Å². The second kappa shape index (κ2) is 11.6. The molecule has 2 heterocycles. The molecule has 36 heavy (non-hydrogen) atoms. The van der Waals surface area contributed by atoms with Gasteiger partial charge in [0.15, 0.2) is 11.5 Å². The molecule has 4 rings (SSSR count). The molecule has 0 radical (unpaired) electrons. The number of carbonyl (C=O) groups excluding carboxylic acids is 2. The zero-order valence-corrected chi connectivity index (χ0v) is 22.1. The Morgan fingerprint density at radius 1 is 1.11 bits per heavy atom. The van der Waals surface area contributed by atoms with Gasteiger partial charge in [-0.15, -0.1) is 0 Å². The minimum atomic E-state index is -0.0231. The van der Waals surface area contributed by atoms with E-state index < -0.39 is 0 Å². The predicted molar refractivity (Wildman–Crippen MR) is 142 cm³/mol. The molecule has 2 aromatic carbocycles. The zero-order valence-electron chi connectivity index (χ0n) is 21.3. The molecule has 0 aromatic heterocycles. The first-order chi connectivity index (χ1) is 17.3. The second-order valence-corrected chi connectivity index (χ2v) is 10.5. The molecule has 0 unspecified atom stereocenters. The van der Waals surface area contributed by atoms with Crippen LogP contribution >= 0.6 is 11.6 Å². The average molecular weight is 508 g/mol. The van der Waals surface area contributed by atoms with E-state index in [4.69, 9.17) is 22.9 Å². The lowest BCUT2D eigenvalue weighted by Gasteiger charge is -2.42. The molecular formula is C29H34ClN3O3. The third kappa shape index (κ3) is 5.98. The normalized spacial score (nSPS) is 19.2. The lowest BCUT2D eigenvalue weighted by molar-refractivity contribution is -0.143. The van der Waals surface area contributed by atoms with Gasteiger partial charge in [0.25, 0.3) is 0 Å². The van der Waals surface area contributed by atoms with Crippen molar-refractivity contribution in [2.24, 2.45) is 5.92 Å². The van der Waals surface area contributed by atoms with Crippen molar-refractivity contribution in [3.63, 3.8) is 0 Å². The van der Waals surface area contributed by atoms with Gasteiger partial charge in [-0.1, -0.05) is 23.7 Å². The zero-order chi connectivity index (χ0) is 25.8. The van der Waals surface area contributed by atoms with Crippen LogP contribution in [0.3, 0.4) is 0 Å². The summed E-state index contributed by atoms with van der Waals surface area (Å²) in [4.78, 5) is 34.0. The van der Waals surface area contributed by atoms with Gasteiger partial charge in [-0.2, -0.15) is 0 Å². The van der Waals surface area contributed by atoms with E-state index in [1.807, 2.05) is 36.9 Å². The number of Topliss-reactive ketones (excluding diaryl/α,β-unsaturated/α-hetero) is 1. The molecule has 2 fully saturated rings. The van der Waals surface area contributed by atoms with Gasteiger partial charge >= 0.3 is 0 Å². The predicted octanol–water partition coefficient (Wildman–Crippen LogP) is 5.39. The fourth-order valence-corrected chi connectivity index (χ4v) is 5.51. The Morgan fingerprint density at radius 2 is 1.83 bits per heavy atom. The number of hydrogen-bond acceptors (Lipinski definition) is 4. The first kappa shape index (κ1) is 26.3. The summed E-state index contributed by atoms with van der Waals surface area (Å²) in [6.07, 6.45) is 1.87. The van der Waals surface area contributed by atoms with Crippen LogP contribution < -0.4 is 0 Å². The van der Waals surface area contributed by atoms with Crippen LogP contribution in [0.15, 0.2) is 30.3 Å². The van der Waals surface area contributed by atoms with E-state index in [9.17, 15) is 9.59 Å². The summed E-state index contributed by atoms with van der Waals surface area (Å²) >= 11 is 6.48. The molecule has 0 bridgehead atoms. The van der Waals surface area contributed by atoms with Crippen LogP contribution in [-0.2, 0) is 22.5 Å². The van der Waals surface area contributed by atoms with Crippen LogP contribution in [0.1, 0.15) is 52.4 Å². The van der Waals surface area contributed by atoms with Gasteiger partial charge in [0, 0.05) is 68.4 Å². The molecule has 7 heteroatoms. The van der Waals surface area contributed by atoms with E-state index in [0.29, 0.717) is 29.5 Å². The Kier molecular flexibility index (Phi) is 8.46. The molecule has 1 amide bonds. The maximum atomic E-state index is 13.0. The van der Waals surface area contributed by atoms with Crippen LogP contribution in [0, 0.1) is 26.3 Å². The Balaban J connectivity index is 1.43. The number of carbonyl (C=O) groups is 2. The van der Waals surface area contributed by atoms with Gasteiger partial charge < -0.3 is 9.64 Å². The fourth-order valence-electron chi connectivity index (χ4n) is 5.25. The average Bonchev–Trinajstić information content (AvgIpc) is 2.87. The van der Waals surface area contributed by atoms with E-state index >= 15 is 0 Å². The Hall–Kier alpha value is -2.72. The summed E-state index contributed by atoms with van der Waals surface area (Å²) in [7, 11) is 0. The number of ether oxygens (including phenoxy) is 1. The molecule has 0 N–H and O–H groups in total. The van der Waals surface area contributed by atoms with E-state index in [0.717, 1.165) is 61.3 Å². The molecule has 1 atom stereocenters. The van der Waals surface area contributed by atoms with Crippen molar-refractivity contribution in [1.29, 1.82) is 0 Å². The molecular weight excluding hydrogens is 474 g/mol. The SMILES string of the molecule is [C-]#[N+]c1cc(C(=O)Cc2cc(Cl)cc(CN3CCN(C(=O)C4CCOCC4)[C@@H](C)C3)c2C)ccc1C. The highest BCUT2D eigenvalue weighted by Crippen LogP contribution is 2.27. The van der Waals surface area contributed by atoms with Crippen molar-refractivity contribution in [1.82, 2.24) is 9.80 Å². The molecule has 0 aliphatic carbocycles. The topological polar surface area (TPSA) is 54.2 Å². The number of hydrogen-bond donors (Lipinski definition) is 0. The monoisotopic (exact) mass is 507 g/mol. The van der Waals surface area contributed by atoms with Crippen LogP contribution in [0.5, 0.6) is 0 Å². The minimum absolute atomic E-state index is 0.0231. The maximum Gasteiger partial charge on any atom is 0.226 e. The highest BCUT2D eigenvalue weighted by atomic mass is 35.5. The van der Waals surface area contributed by atoms with E-state index in [2.05, 4.69) is 16.7 Å². The van der Waals surface area contributed by atoms with Crippen molar-refractivity contribution in [3.05, 3.63) is 74.6 Å². The summed E-state index contributed by atoms with van der Waals surface area (Å²) in [5, 5.41) is 0.616. The number of piperazine rings is 1. The molecule has 2 saturated heterocycles. The lowest BCUT2D eigenvalue weighted by atomic mass is 9.94. The van der Waals surface area contributed by atoms with Crippen molar-refractivity contribution < 1.29 is 14.3 Å². The van der Waals surface area contributed by atoms with Crippen molar-refractivity contribution >= 4 is 29.0 Å². The summed E-state index contributed by atoms with van der Waals surface area (Å²) < 4.78 is 5.42. The molecule has 2 aliphatic heterocycles. The van der Waals surface area contributed by atoms with Crippen LogP contribution in [0.2, 0.25) is 5.02 Å². The number of halogens is 1. The third-order valence-corrected chi connectivity index (χ3v) is 7.77. The standard InChI is InChI=1S/C29H34ClN3O3/c1-19-5-6-23(15-27(19)31-4)28(34)16-24-13-26(30)14-25(21(24)3)18-32-9-10-33(20(2)17-32)29(35)22-7-11-36-12-8-22/h5-6,13-15,20,22H,7-12,16-18H2,1-3H3/t20-/m0/s1. The third-order valence-electron chi connectivity index (χ3n) is 7.55. The summed E-state index contributed by atoms with van der Waals surface area (Å²) in [6, 6.07) is 9.29. The van der Waals surface area contributed by atoms with Gasteiger partial charge in [-0.25, -0.2) is 4.85 Å². The van der Waals surface area contributed by atoms with Gasteiger partial charge in [-0.3, -0.25) is 14.5 Å². The Bertz CT molecular complexity index is 1180. The highest BCUT2D eigenvalue weighted by molar-refractivity contribution is 6.30. The lowest BCUT2D eigenvalue weighted by Crippen LogP contribution is -2.55. The quantitative estimate of drug-likeness (QED) is 0.388. The summed E-state index contributed by atoms with van der Waals surface area (Å²) in [5.74, 6) is 0.329. The summed E-state index contributed by atoms with van der Waals surface area (Å²) in [6.45, 7) is 17.8. The highest BCUT2D eigenvalue weighted by Gasteiger charge is 2.32. The molecule has 2 aliphatic rings. The molecule has 0 saturated carbocycles. The van der Waals surface area contributed by atoms with Crippen molar-refractivity contribution in [3.8, 4) is 0 Å². The van der Waals surface area contributed by atoms with Crippen molar-refractivity contribution in [2.75, 3.05) is 32.8 Å². The maximum absolute atomic E-state index is 13.0. The molecule has 6 nitrogen and oxygen atoms in total. The first-order valence-corrected chi connectivity index (χ1v) is 13.0. The number of rotatable bonds is 6. The van der Waals surface area contributed by atoms with Crippen LogP contribution in [0.25, 0.3) is 4.85 Å². The number of nitrogens with zero attached hydrogens (tertiary/aromatic N) is 3. The fraction of sp³-hybridized carbons (Fsp3) is 0.483. The number of amides is 1. The number of aryl methyl sites for hydroxylation is 1. The van der Waals surface area contributed by atoms with Crippen LogP contribution in [-0.4, -0.2) is 60.4 Å². The number of ketones is 1. The van der Waals surface area contributed by atoms with E-state index in [1.54, 1.807) is 12.1 Å². The molecule has 0 spiro atoms.